The van der Waals surface area contributed by atoms with Gasteiger partial charge in [-0.05, 0) is 36.5 Å². The molecule has 2 aliphatic heterocycles. The number of fused-ring (bicyclic) bond motifs is 3. The van der Waals surface area contributed by atoms with Gasteiger partial charge < -0.3 is 4.90 Å². The molecule has 0 bridgehead atoms. The van der Waals surface area contributed by atoms with Crippen molar-refractivity contribution in [2.45, 2.75) is 30.1 Å². The van der Waals surface area contributed by atoms with Gasteiger partial charge in [0.05, 0.1) is 16.5 Å². The predicted molar refractivity (Wildman–Crippen MR) is 104 cm³/mol. The third-order valence-electron chi connectivity index (χ3n) is 5.43. The maximum atomic E-state index is 12.3. The Labute approximate surface area is 159 Å². The van der Waals surface area contributed by atoms with Crippen molar-refractivity contribution in [3.05, 3.63) is 52.9 Å². The molecule has 5 rings (SSSR count). The molecular weight excluding hydrogens is 368 g/mol. The second-order valence-electron chi connectivity index (χ2n) is 6.92. The number of halogens is 1. The number of imidazole rings is 1. The van der Waals surface area contributed by atoms with Crippen LogP contribution in [0, 0.1) is 0 Å². The Bertz CT molecular complexity index is 993. The molecule has 1 saturated heterocycles. The van der Waals surface area contributed by atoms with Crippen molar-refractivity contribution in [3.8, 4) is 0 Å². The number of aromatic nitrogens is 3. The summed E-state index contributed by atoms with van der Waals surface area (Å²) < 4.78 is 14.3. The number of hydrogen-bond acceptors (Lipinski definition) is 4. The molecule has 3 aromatic rings. The highest BCUT2D eigenvalue weighted by Crippen LogP contribution is 2.33. The fourth-order valence-electron chi connectivity index (χ4n) is 4.05. The fourth-order valence-corrected chi connectivity index (χ4v) is 5.53. The second kappa shape index (κ2) is 6.35. The maximum absolute atomic E-state index is 12.3. The molecule has 2 aromatic heterocycles. The van der Waals surface area contributed by atoms with Crippen LogP contribution in [0.2, 0.25) is 5.02 Å². The van der Waals surface area contributed by atoms with Gasteiger partial charge in [0.25, 0.3) is 0 Å². The lowest BCUT2D eigenvalue weighted by Gasteiger charge is -2.33. The molecule has 0 radical (unpaired) electrons. The average Bonchev–Trinajstić information content (AvgIpc) is 3.28. The molecule has 0 aliphatic carbocycles. The molecule has 1 atom stereocenters. The molecule has 0 spiro atoms. The minimum absolute atomic E-state index is 0.559. The van der Waals surface area contributed by atoms with Crippen LogP contribution in [0.1, 0.15) is 30.0 Å². The molecule has 0 amide bonds. The van der Waals surface area contributed by atoms with Gasteiger partial charge in [-0.15, -0.1) is 0 Å². The Morgan fingerprint density at radius 2 is 1.92 bits per heavy atom. The zero-order valence-electron chi connectivity index (χ0n) is 14.3. The number of nitrogens with zero attached hydrogens (tertiary/aromatic N) is 4. The summed E-state index contributed by atoms with van der Waals surface area (Å²) in [5, 5.41) is 0.786. The molecule has 1 aromatic carbocycles. The lowest BCUT2D eigenvalue weighted by Crippen LogP contribution is -2.35. The van der Waals surface area contributed by atoms with Crippen molar-refractivity contribution in [1.82, 2.24) is 14.4 Å². The van der Waals surface area contributed by atoms with E-state index in [1.165, 1.54) is 5.56 Å². The summed E-state index contributed by atoms with van der Waals surface area (Å²) in [6.45, 7) is 1.91. The lowest BCUT2D eigenvalue weighted by atomic mass is 9.89. The molecule has 4 heterocycles. The average molecular weight is 387 g/mol. The summed E-state index contributed by atoms with van der Waals surface area (Å²) in [6.07, 6.45) is 6.65. The minimum atomic E-state index is -0.972. The summed E-state index contributed by atoms with van der Waals surface area (Å²) in [4.78, 5) is 12.5. The molecule has 5 nitrogen and oxygen atoms in total. The number of rotatable bonds is 2. The van der Waals surface area contributed by atoms with Gasteiger partial charge in [-0.25, -0.2) is 9.97 Å². The molecule has 1 fully saturated rings. The van der Waals surface area contributed by atoms with Crippen molar-refractivity contribution in [3.63, 3.8) is 0 Å². The SMILES string of the molecule is O=[S@@]1CCc2nc(N3CCC(c4ccc(Cl)cc4)CC3)n3ccnc3c21. The zero-order valence-corrected chi connectivity index (χ0v) is 15.8. The predicted octanol–water partition coefficient (Wildman–Crippen LogP) is 3.43. The van der Waals surface area contributed by atoms with E-state index in [1.54, 1.807) is 6.20 Å². The van der Waals surface area contributed by atoms with E-state index in [1.807, 2.05) is 22.7 Å². The van der Waals surface area contributed by atoms with E-state index in [-0.39, 0.29) is 0 Å². The number of piperidine rings is 1. The van der Waals surface area contributed by atoms with Crippen LogP contribution < -0.4 is 4.90 Å². The summed E-state index contributed by atoms with van der Waals surface area (Å²) in [5.74, 6) is 2.15. The van der Waals surface area contributed by atoms with Crippen LogP contribution in [0.3, 0.4) is 0 Å². The Balaban J connectivity index is 1.43. The van der Waals surface area contributed by atoms with Gasteiger partial charge in [-0.1, -0.05) is 23.7 Å². The molecular formula is C19H19ClN4OS. The van der Waals surface area contributed by atoms with Crippen LogP contribution in [-0.4, -0.2) is 37.4 Å². The summed E-state index contributed by atoms with van der Waals surface area (Å²) >= 11 is 6.01. The first-order valence-electron chi connectivity index (χ1n) is 8.95. The van der Waals surface area contributed by atoms with Crippen LogP contribution >= 0.6 is 11.6 Å². The normalized spacial score (nSPS) is 20.7. The Morgan fingerprint density at radius 3 is 2.69 bits per heavy atom. The monoisotopic (exact) mass is 386 g/mol. The number of benzene rings is 1. The Kier molecular flexibility index (Phi) is 3.98. The molecule has 0 saturated carbocycles. The first-order chi connectivity index (χ1) is 12.7. The van der Waals surface area contributed by atoms with Gasteiger partial charge in [0, 0.05) is 42.7 Å². The highest BCUT2D eigenvalue weighted by molar-refractivity contribution is 7.85. The highest BCUT2D eigenvalue weighted by Gasteiger charge is 2.29. The summed E-state index contributed by atoms with van der Waals surface area (Å²) in [6, 6.07) is 8.22. The number of aryl methyl sites for hydroxylation is 1. The molecule has 134 valence electrons. The molecule has 2 aliphatic rings. The molecule has 7 heteroatoms. The van der Waals surface area contributed by atoms with Crippen LogP contribution in [0.25, 0.3) is 5.65 Å². The van der Waals surface area contributed by atoms with Crippen molar-refractivity contribution >= 4 is 34.0 Å². The van der Waals surface area contributed by atoms with Gasteiger partial charge in [0.1, 0.15) is 4.90 Å². The summed E-state index contributed by atoms with van der Waals surface area (Å²) in [5.41, 5.74) is 3.12. The van der Waals surface area contributed by atoms with Gasteiger partial charge in [0.15, 0.2) is 5.65 Å². The quantitative estimate of drug-likeness (QED) is 0.677. The van der Waals surface area contributed by atoms with Crippen molar-refractivity contribution in [1.29, 1.82) is 0 Å². The van der Waals surface area contributed by atoms with Crippen LogP contribution in [0.4, 0.5) is 5.95 Å². The van der Waals surface area contributed by atoms with Crippen molar-refractivity contribution in [2.24, 2.45) is 0 Å². The van der Waals surface area contributed by atoms with E-state index in [0.717, 1.165) is 59.6 Å². The minimum Gasteiger partial charge on any atom is -0.342 e. The Morgan fingerprint density at radius 1 is 1.15 bits per heavy atom. The maximum Gasteiger partial charge on any atom is 0.211 e. The summed E-state index contributed by atoms with van der Waals surface area (Å²) in [7, 11) is -0.972. The first kappa shape index (κ1) is 16.3. The molecule has 0 unspecified atom stereocenters. The topological polar surface area (TPSA) is 50.5 Å². The first-order valence-corrected chi connectivity index (χ1v) is 10.6. The van der Waals surface area contributed by atoms with E-state index >= 15 is 0 Å². The zero-order chi connectivity index (χ0) is 17.7. The number of anilines is 1. The van der Waals surface area contributed by atoms with Crippen molar-refractivity contribution < 1.29 is 4.21 Å². The Hall–Kier alpha value is -1.92. The molecule has 26 heavy (non-hydrogen) atoms. The highest BCUT2D eigenvalue weighted by atomic mass is 35.5. The van der Waals surface area contributed by atoms with Crippen molar-refractivity contribution in [2.75, 3.05) is 23.7 Å². The van der Waals surface area contributed by atoms with Crippen LogP contribution in [0.5, 0.6) is 0 Å². The standard InChI is InChI=1S/C19H19ClN4OS/c20-15-3-1-13(2-4-15)14-5-9-23(10-6-14)19-22-16-7-12-26(25)17(16)18-21-8-11-24(18)19/h1-4,8,11,14H,5-7,9-10,12H2/t26-/m1/s1. The third kappa shape index (κ3) is 2.63. The fraction of sp³-hybridized carbons (Fsp3) is 0.368. The van der Waals surface area contributed by atoms with Gasteiger partial charge in [-0.2, -0.15) is 0 Å². The smallest absolute Gasteiger partial charge is 0.211 e. The van der Waals surface area contributed by atoms with E-state index in [2.05, 4.69) is 22.0 Å². The molecule has 0 N–H and O–H groups in total. The van der Waals surface area contributed by atoms with Gasteiger partial charge in [-0.3, -0.25) is 8.61 Å². The van der Waals surface area contributed by atoms with Crippen LogP contribution in [0.15, 0.2) is 41.6 Å². The van der Waals surface area contributed by atoms with Gasteiger partial charge in [0.2, 0.25) is 5.95 Å². The van der Waals surface area contributed by atoms with E-state index in [4.69, 9.17) is 16.6 Å². The van der Waals surface area contributed by atoms with E-state index in [0.29, 0.717) is 11.7 Å². The van der Waals surface area contributed by atoms with E-state index < -0.39 is 10.8 Å². The van der Waals surface area contributed by atoms with Crippen LogP contribution in [-0.2, 0) is 17.2 Å². The van der Waals surface area contributed by atoms with E-state index in [9.17, 15) is 4.21 Å². The lowest BCUT2D eigenvalue weighted by molar-refractivity contribution is 0.497. The largest absolute Gasteiger partial charge is 0.342 e. The van der Waals surface area contributed by atoms with Gasteiger partial charge >= 0.3 is 0 Å². The number of hydrogen-bond donors (Lipinski definition) is 0. The third-order valence-corrected chi connectivity index (χ3v) is 7.13. The second-order valence-corrected chi connectivity index (χ2v) is 8.86.